The molecule has 6 nitrogen and oxygen atoms in total. The minimum Gasteiger partial charge on any atom is -0.393 e. The molecule has 0 bridgehead atoms. The van der Waals surface area contributed by atoms with Crippen LogP contribution in [0, 0.1) is 11.7 Å². The lowest BCUT2D eigenvalue weighted by Crippen LogP contribution is -2.53. The third kappa shape index (κ3) is 2.84. The maximum atomic E-state index is 15.3. The fourth-order valence-electron chi connectivity index (χ4n) is 4.37. The van der Waals surface area contributed by atoms with Crippen molar-refractivity contribution in [2.45, 2.75) is 18.9 Å². The number of aliphatic hydroxyl groups is 1. The van der Waals surface area contributed by atoms with Crippen LogP contribution in [0.2, 0.25) is 0 Å². The van der Waals surface area contributed by atoms with Crippen molar-refractivity contribution in [2.75, 3.05) is 0 Å². The number of fused-ring (bicyclic) bond motifs is 2. The number of nitrogens with two attached hydrogens (primary N) is 1. The van der Waals surface area contributed by atoms with Crippen molar-refractivity contribution in [3.8, 4) is 10.6 Å². The molecular formula is C23H19FN5OS+. The second-order valence-corrected chi connectivity index (χ2v) is 9.03. The predicted octanol–water partition coefficient (Wildman–Crippen LogP) is 4.09. The van der Waals surface area contributed by atoms with Crippen LogP contribution in [-0.4, -0.2) is 32.8 Å². The van der Waals surface area contributed by atoms with Gasteiger partial charge in [0.25, 0.3) is 5.84 Å². The molecule has 3 aromatic rings. The Balaban J connectivity index is 1.49. The van der Waals surface area contributed by atoms with E-state index in [1.54, 1.807) is 36.0 Å². The molecule has 1 aliphatic carbocycles. The summed E-state index contributed by atoms with van der Waals surface area (Å²) in [7, 11) is 0. The molecule has 1 atom stereocenters. The van der Waals surface area contributed by atoms with Gasteiger partial charge in [-0.1, -0.05) is 12.1 Å². The summed E-state index contributed by atoms with van der Waals surface area (Å²) >= 11 is 1.61. The molecule has 4 heterocycles. The van der Waals surface area contributed by atoms with Gasteiger partial charge in [-0.15, -0.1) is 15.9 Å². The molecular weight excluding hydrogens is 413 g/mol. The first kappa shape index (κ1) is 18.7. The zero-order chi connectivity index (χ0) is 21.2. The van der Waals surface area contributed by atoms with Crippen LogP contribution in [0.4, 0.5) is 4.39 Å². The van der Waals surface area contributed by atoms with E-state index in [9.17, 15) is 5.11 Å². The number of rotatable bonds is 3. The van der Waals surface area contributed by atoms with E-state index in [0.717, 1.165) is 21.7 Å². The third-order valence-electron chi connectivity index (χ3n) is 6.11. The molecule has 1 unspecified atom stereocenters. The van der Waals surface area contributed by atoms with Crippen molar-refractivity contribution in [3.63, 3.8) is 0 Å². The van der Waals surface area contributed by atoms with Crippen molar-refractivity contribution in [3.05, 3.63) is 77.0 Å². The second-order valence-electron chi connectivity index (χ2n) is 8.08. The Labute approximate surface area is 181 Å². The van der Waals surface area contributed by atoms with E-state index in [2.05, 4.69) is 4.99 Å². The predicted molar refractivity (Wildman–Crippen MR) is 119 cm³/mol. The fraction of sp³-hybridized carbons (Fsp3) is 0.174. The third-order valence-corrected chi connectivity index (χ3v) is 7.01. The van der Waals surface area contributed by atoms with Gasteiger partial charge >= 0.3 is 0 Å². The van der Waals surface area contributed by atoms with E-state index >= 15 is 4.39 Å². The molecule has 2 aromatic heterocycles. The minimum absolute atomic E-state index is 0.0913. The average Bonchev–Trinajstić information content (AvgIpc) is 3.37. The number of amidine groups is 1. The molecule has 0 saturated heterocycles. The normalized spacial score (nSPS) is 26.9. The number of hydrogen-bond acceptors (Lipinski definition) is 6. The highest BCUT2D eigenvalue weighted by Crippen LogP contribution is 2.42. The summed E-state index contributed by atoms with van der Waals surface area (Å²) in [6.07, 6.45) is 5.91. The van der Waals surface area contributed by atoms with Crippen molar-refractivity contribution in [2.24, 2.45) is 21.7 Å². The summed E-state index contributed by atoms with van der Waals surface area (Å²) in [5, 5.41) is 12.5. The number of thiophene rings is 1. The van der Waals surface area contributed by atoms with Crippen molar-refractivity contribution in [1.82, 2.24) is 4.98 Å². The maximum absolute atomic E-state index is 15.3. The highest BCUT2D eigenvalue weighted by molar-refractivity contribution is 7.13. The monoisotopic (exact) mass is 432 g/mol. The number of nitrogens with zero attached hydrogens (tertiary/aromatic N) is 4. The number of aliphatic hydroxyl groups excluding tert-OH is 1. The first-order chi connectivity index (χ1) is 15.0. The summed E-state index contributed by atoms with van der Waals surface area (Å²) in [6, 6.07) is 11.0. The Hall–Kier alpha value is -3.04. The molecule has 0 radical (unpaired) electrons. The van der Waals surface area contributed by atoms with Crippen LogP contribution in [0.3, 0.4) is 0 Å². The molecule has 6 rings (SSSR count). The Morgan fingerprint density at radius 1 is 1.19 bits per heavy atom. The van der Waals surface area contributed by atoms with Gasteiger partial charge < -0.3 is 5.11 Å². The first-order valence-electron chi connectivity index (χ1n) is 10.1. The smallest absolute Gasteiger partial charge is 0.267 e. The number of quaternary nitrogens is 1. The van der Waals surface area contributed by atoms with Crippen LogP contribution >= 0.6 is 11.3 Å². The number of hydrogen-bond donors (Lipinski definition) is 2. The number of aliphatic imine (C=N–C) groups is 2. The summed E-state index contributed by atoms with van der Waals surface area (Å²) in [5.74, 6) is 6.82. The topological polar surface area (TPSA) is 83.9 Å². The molecule has 31 heavy (non-hydrogen) atoms. The zero-order valence-electron chi connectivity index (χ0n) is 16.4. The van der Waals surface area contributed by atoms with E-state index in [4.69, 9.17) is 15.8 Å². The Morgan fingerprint density at radius 3 is 2.84 bits per heavy atom. The van der Waals surface area contributed by atoms with Gasteiger partial charge in [0, 0.05) is 11.3 Å². The Kier molecular flexibility index (Phi) is 4.06. The largest absolute Gasteiger partial charge is 0.393 e. The van der Waals surface area contributed by atoms with E-state index in [0.29, 0.717) is 35.5 Å². The second kappa shape index (κ2) is 6.73. The molecule has 1 fully saturated rings. The number of allylic oxidation sites excluding steroid dienone is 2. The van der Waals surface area contributed by atoms with Crippen molar-refractivity contribution >= 4 is 34.3 Å². The number of pyridine rings is 1. The van der Waals surface area contributed by atoms with Gasteiger partial charge in [0.15, 0.2) is 0 Å². The SMILES string of the molecule is N[N+]12C=CN=CC1=C(C1CC(O)C1)N=C2c1cc2nc(-c3cccs3)ccc2cc1F. The quantitative estimate of drug-likeness (QED) is 0.483. The van der Waals surface area contributed by atoms with Gasteiger partial charge in [0.2, 0.25) is 5.70 Å². The minimum atomic E-state index is -0.398. The van der Waals surface area contributed by atoms with Gasteiger partial charge in [-0.3, -0.25) is 4.99 Å². The van der Waals surface area contributed by atoms with Gasteiger partial charge in [0.05, 0.1) is 40.2 Å². The first-order valence-corrected chi connectivity index (χ1v) is 11.0. The highest BCUT2D eigenvalue weighted by Gasteiger charge is 2.48. The van der Waals surface area contributed by atoms with E-state index in [1.807, 2.05) is 29.6 Å². The van der Waals surface area contributed by atoms with Gasteiger partial charge in [-0.25, -0.2) is 9.37 Å². The molecule has 154 valence electrons. The Morgan fingerprint density at radius 2 is 2.06 bits per heavy atom. The summed E-state index contributed by atoms with van der Waals surface area (Å²) in [6.45, 7) is 0. The standard InChI is InChI=1S/C23H19FN5OS/c24-17-10-13-3-4-18(21-2-1-7-31-21)27-19(13)11-16(17)23-28-22(14-8-15(30)9-14)20-12-26-5-6-29(20,23)25/h1-7,10-12,14-15,30H,8-9,25H2/q+1. The molecule has 0 spiro atoms. The molecule has 3 N–H and O–H groups in total. The molecule has 1 aromatic carbocycles. The van der Waals surface area contributed by atoms with Gasteiger partial charge in [-0.2, -0.15) is 10.8 Å². The molecule has 3 aliphatic rings. The van der Waals surface area contributed by atoms with Crippen LogP contribution in [0.5, 0.6) is 0 Å². The summed E-state index contributed by atoms with van der Waals surface area (Å²) in [5.41, 5.74) is 3.33. The van der Waals surface area contributed by atoms with Gasteiger partial charge in [-0.05, 0) is 42.5 Å². The lowest BCUT2D eigenvalue weighted by Gasteiger charge is -2.31. The summed E-state index contributed by atoms with van der Waals surface area (Å²) in [4.78, 5) is 14.8. The van der Waals surface area contributed by atoms with Crippen LogP contribution in [0.15, 0.2) is 75.6 Å². The van der Waals surface area contributed by atoms with E-state index in [1.165, 1.54) is 6.07 Å². The van der Waals surface area contributed by atoms with Crippen LogP contribution in [0.1, 0.15) is 18.4 Å². The lowest BCUT2D eigenvalue weighted by molar-refractivity contribution is -0.750. The fourth-order valence-corrected chi connectivity index (χ4v) is 5.07. The van der Waals surface area contributed by atoms with Gasteiger partial charge in [0.1, 0.15) is 17.7 Å². The molecule has 8 heteroatoms. The van der Waals surface area contributed by atoms with Crippen LogP contribution in [0.25, 0.3) is 21.5 Å². The lowest BCUT2D eigenvalue weighted by atomic mass is 9.79. The van der Waals surface area contributed by atoms with E-state index < -0.39 is 5.82 Å². The highest BCUT2D eigenvalue weighted by atomic mass is 32.1. The van der Waals surface area contributed by atoms with E-state index in [-0.39, 0.29) is 16.6 Å². The Bertz CT molecular complexity index is 1340. The number of benzene rings is 1. The van der Waals surface area contributed by atoms with Crippen molar-refractivity contribution < 1.29 is 14.1 Å². The molecule has 0 amide bonds. The van der Waals surface area contributed by atoms with Crippen molar-refractivity contribution in [1.29, 1.82) is 0 Å². The maximum Gasteiger partial charge on any atom is 0.267 e. The number of aromatic nitrogens is 1. The summed E-state index contributed by atoms with van der Waals surface area (Å²) < 4.78 is 15.0. The molecule has 2 aliphatic heterocycles. The van der Waals surface area contributed by atoms with Crippen LogP contribution in [-0.2, 0) is 0 Å². The number of halogens is 1. The zero-order valence-corrected chi connectivity index (χ0v) is 17.3. The van der Waals surface area contributed by atoms with Crippen LogP contribution < -0.4 is 5.84 Å². The molecule has 1 saturated carbocycles. The average molecular weight is 433 g/mol.